The molecule has 6 nitrogen and oxygen atoms in total. The van der Waals surface area contributed by atoms with E-state index in [0.29, 0.717) is 6.42 Å². The predicted molar refractivity (Wildman–Crippen MR) is 70.0 cm³/mol. The predicted octanol–water partition coefficient (Wildman–Crippen LogP) is -0.0373. The van der Waals surface area contributed by atoms with Crippen LogP contribution in [0.1, 0.15) is 19.8 Å². The van der Waals surface area contributed by atoms with E-state index in [4.69, 9.17) is 20.9 Å². The maximum absolute atomic E-state index is 12.1. The van der Waals surface area contributed by atoms with Crippen LogP contribution in [0.25, 0.3) is 0 Å². The third kappa shape index (κ3) is 3.78. The highest BCUT2D eigenvalue weighted by Gasteiger charge is 2.46. The van der Waals surface area contributed by atoms with Gasteiger partial charge in [-0.05, 0) is 19.8 Å². The van der Waals surface area contributed by atoms with E-state index in [1.54, 1.807) is 13.0 Å². The van der Waals surface area contributed by atoms with Gasteiger partial charge in [-0.25, -0.2) is 0 Å². The molecule has 108 valence electrons. The Morgan fingerprint density at radius 1 is 1.26 bits per heavy atom. The molecule has 0 aliphatic heterocycles. The molecule has 0 aromatic rings. The Bertz CT molecular complexity index is 357. The first kappa shape index (κ1) is 15.7. The van der Waals surface area contributed by atoms with Crippen LogP contribution in [0.3, 0.4) is 0 Å². The molecule has 1 aliphatic carbocycles. The minimum absolute atomic E-state index is 0.146. The summed E-state index contributed by atoms with van der Waals surface area (Å²) in [6, 6.07) is 0. The van der Waals surface area contributed by atoms with Gasteiger partial charge in [0.15, 0.2) is 0 Å². The Labute approximate surface area is 113 Å². The normalized spacial score (nSPS) is 25.9. The van der Waals surface area contributed by atoms with Gasteiger partial charge in [-0.2, -0.15) is 0 Å². The van der Waals surface area contributed by atoms with Crippen molar-refractivity contribution >= 4 is 11.9 Å². The first-order chi connectivity index (χ1) is 9.06. The van der Waals surface area contributed by atoms with Crippen molar-refractivity contribution in [1.29, 1.82) is 0 Å². The van der Waals surface area contributed by atoms with E-state index in [1.807, 2.05) is 6.08 Å². The SMILES string of the molecule is CC1(C(=O)OCCN)C=CCCC1C(=O)OCCN. The molecule has 2 atom stereocenters. The molecule has 0 saturated heterocycles. The third-order valence-electron chi connectivity index (χ3n) is 3.25. The molecule has 6 heteroatoms. The lowest BCUT2D eigenvalue weighted by Crippen LogP contribution is -2.43. The number of ether oxygens (including phenoxy) is 2. The van der Waals surface area contributed by atoms with Crippen LogP contribution >= 0.6 is 0 Å². The summed E-state index contributed by atoms with van der Waals surface area (Å²) in [5.74, 6) is -1.38. The summed E-state index contributed by atoms with van der Waals surface area (Å²) in [6.07, 6.45) is 4.91. The Morgan fingerprint density at radius 3 is 2.53 bits per heavy atom. The molecular formula is C13H22N2O4. The van der Waals surface area contributed by atoms with E-state index in [9.17, 15) is 9.59 Å². The van der Waals surface area contributed by atoms with Gasteiger partial charge < -0.3 is 20.9 Å². The minimum atomic E-state index is -0.987. The molecule has 0 aromatic carbocycles. The third-order valence-corrected chi connectivity index (χ3v) is 3.25. The molecule has 0 saturated carbocycles. The standard InChI is InChI=1S/C13H22N2O4/c1-13(12(17)19-9-7-15)5-3-2-4-10(13)11(16)18-8-6-14/h3,5,10H,2,4,6-9,14-15H2,1H3. The molecule has 0 spiro atoms. The van der Waals surface area contributed by atoms with E-state index in [0.717, 1.165) is 6.42 Å². The molecular weight excluding hydrogens is 248 g/mol. The van der Waals surface area contributed by atoms with Crippen LogP contribution in [-0.2, 0) is 19.1 Å². The summed E-state index contributed by atoms with van der Waals surface area (Å²) in [5.41, 5.74) is 9.62. The van der Waals surface area contributed by atoms with Crippen molar-refractivity contribution in [3.63, 3.8) is 0 Å². The number of esters is 2. The van der Waals surface area contributed by atoms with Gasteiger partial charge in [0.1, 0.15) is 13.2 Å². The molecule has 0 heterocycles. The Kier molecular flexibility index (Phi) is 5.98. The quantitative estimate of drug-likeness (QED) is 0.518. The van der Waals surface area contributed by atoms with Crippen molar-refractivity contribution < 1.29 is 19.1 Å². The van der Waals surface area contributed by atoms with Crippen LogP contribution in [0, 0.1) is 11.3 Å². The lowest BCUT2D eigenvalue weighted by Gasteiger charge is -2.33. The maximum atomic E-state index is 12.1. The molecule has 0 amide bonds. The number of nitrogens with two attached hydrogens (primary N) is 2. The van der Waals surface area contributed by atoms with Crippen molar-refractivity contribution in [3.05, 3.63) is 12.2 Å². The number of carbonyl (C=O) groups is 2. The first-order valence-electron chi connectivity index (χ1n) is 6.48. The fraction of sp³-hybridized carbons (Fsp3) is 0.692. The van der Waals surface area contributed by atoms with E-state index in [-0.39, 0.29) is 26.3 Å². The molecule has 0 fully saturated rings. The summed E-state index contributed by atoms with van der Waals surface area (Å²) in [6.45, 7) is 2.52. The van der Waals surface area contributed by atoms with Gasteiger partial charge >= 0.3 is 11.9 Å². The van der Waals surface area contributed by atoms with Crippen LogP contribution in [0.4, 0.5) is 0 Å². The molecule has 19 heavy (non-hydrogen) atoms. The minimum Gasteiger partial charge on any atom is -0.464 e. The number of hydrogen-bond donors (Lipinski definition) is 2. The lowest BCUT2D eigenvalue weighted by atomic mass is 9.71. The fourth-order valence-corrected chi connectivity index (χ4v) is 2.15. The smallest absolute Gasteiger partial charge is 0.316 e. The van der Waals surface area contributed by atoms with Gasteiger partial charge in [0.2, 0.25) is 0 Å². The summed E-state index contributed by atoms with van der Waals surface area (Å²) in [5, 5.41) is 0. The van der Waals surface area contributed by atoms with Gasteiger partial charge in [-0.3, -0.25) is 9.59 Å². The van der Waals surface area contributed by atoms with Crippen molar-refractivity contribution in [2.45, 2.75) is 19.8 Å². The second kappa shape index (κ2) is 7.25. The Morgan fingerprint density at radius 2 is 1.89 bits per heavy atom. The second-order valence-electron chi connectivity index (χ2n) is 4.70. The average molecular weight is 270 g/mol. The highest BCUT2D eigenvalue weighted by atomic mass is 16.5. The summed E-state index contributed by atoms with van der Waals surface area (Å²) in [7, 11) is 0. The van der Waals surface area contributed by atoms with Gasteiger partial charge in [0.05, 0.1) is 11.3 Å². The number of carbonyl (C=O) groups excluding carboxylic acids is 2. The molecule has 1 rings (SSSR count). The largest absolute Gasteiger partial charge is 0.464 e. The highest BCUT2D eigenvalue weighted by molar-refractivity contribution is 5.87. The van der Waals surface area contributed by atoms with Crippen LogP contribution < -0.4 is 11.5 Å². The summed E-state index contributed by atoms with van der Waals surface area (Å²) < 4.78 is 10.1. The zero-order valence-electron chi connectivity index (χ0n) is 11.3. The van der Waals surface area contributed by atoms with Crippen molar-refractivity contribution in [2.75, 3.05) is 26.3 Å². The Balaban J connectivity index is 2.80. The van der Waals surface area contributed by atoms with Crippen molar-refractivity contribution in [2.24, 2.45) is 22.8 Å². The zero-order chi connectivity index (χ0) is 14.3. The van der Waals surface area contributed by atoms with Gasteiger partial charge in [0, 0.05) is 13.1 Å². The number of hydrogen-bond acceptors (Lipinski definition) is 6. The molecule has 0 radical (unpaired) electrons. The van der Waals surface area contributed by atoms with Crippen LogP contribution in [0.2, 0.25) is 0 Å². The van der Waals surface area contributed by atoms with Crippen LogP contribution in [0.15, 0.2) is 12.2 Å². The second-order valence-corrected chi connectivity index (χ2v) is 4.70. The molecule has 0 bridgehead atoms. The topological polar surface area (TPSA) is 105 Å². The lowest BCUT2D eigenvalue weighted by molar-refractivity contribution is -0.165. The monoisotopic (exact) mass is 270 g/mol. The summed E-state index contributed by atoms with van der Waals surface area (Å²) >= 11 is 0. The van der Waals surface area contributed by atoms with Crippen molar-refractivity contribution in [3.8, 4) is 0 Å². The molecule has 0 aromatic heterocycles. The zero-order valence-corrected chi connectivity index (χ0v) is 11.3. The van der Waals surface area contributed by atoms with Crippen LogP contribution in [-0.4, -0.2) is 38.2 Å². The van der Waals surface area contributed by atoms with E-state index >= 15 is 0 Å². The maximum Gasteiger partial charge on any atom is 0.316 e. The van der Waals surface area contributed by atoms with E-state index < -0.39 is 23.3 Å². The van der Waals surface area contributed by atoms with Gasteiger partial charge in [-0.15, -0.1) is 0 Å². The molecule has 4 N–H and O–H groups in total. The first-order valence-corrected chi connectivity index (χ1v) is 6.48. The molecule has 1 aliphatic rings. The fourth-order valence-electron chi connectivity index (χ4n) is 2.15. The average Bonchev–Trinajstić information content (AvgIpc) is 2.42. The van der Waals surface area contributed by atoms with Crippen LogP contribution in [0.5, 0.6) is 0 Å². The number of rotatable bonds is 6. The Hall–Kier alpha value is -1.40. The van der Waals surface area contributed by atoms with Gasteiger partial charge in [0.25, 0.3) is 0 Å². The van der Waals surface area contributed by atoms with Gasteiger partial charge in [-0.1, -0.05) is 12.2 Å². The van der Waals surface area contributed by atoms with E-state index in [1.165, 1.54) is 0 Å². The summed E-state index contributed by atoms with van der Waals surface area (Å²) in [4.78, 5) is 24.1. The molecule has 2 unspecified atom stereocenters. The highest BCUT2D eigenvalue weighted by Crippen LogP contribution is 2.38. The van der Waals surface area contributed by atoms with Crippen molar-refractivity contribution in [1.82, 2.24) is 0 Å². The number of allylic oxidation sites excluding steroid dienone is 1. The van der Waals surface area contributed by atoms with E-state index in [2.05, 4.69) is 0 Å².